The number of amides is 1. The standard InChI is InChI=1S/C14H17BrN2OS/c1-2-10-5-7-14(9-16,8-6-10)17-13(18)11-3-4-12(15)19-11/h3-4,10H,2,5-8H2,1H3,(H,17,18). The predicted octanol–water partition coefficient (Wildman–Crippen LogP) is 4.10. The molecule has 1 aliphatic carbocycles. The quantitative estimate of drug-likeness (QED) is 0.900. The van der Waals surface area contributed by atoms with Crippen molar-refractivity contribution in [3.05, 3.63) is 20.8 Å². The third-order valence-corrected chi connectivity index (χ3v) is 5.52. The van der Waals surface area contributed by atoms with Crippen LogP contribution < -0.4 is 5.32 Å². The first-order chi connectivity index (χ1) is 9.08. The highest BCUT2D eigenvalue weighted by Gasteiger charge is 2.36. The summed E-state index contributed by atoms with van der Waals surface area (Å²) in [7, 11) is 0. The first kappa shape index (κ1) is 14.5. The molecule has 0 bridgehead atoms. The van der Waals surface area contributed by atoms with Gasteiger partial charge < -0.3 is 5.32 Å². The van der Waals surface area contributed by atoms with Gasteiger partial charge in [0.05, 0.1) is 14.7 Å². The lowest BCUT2D eigenvalue weighted by Gasteiger charge is -2.35. The van der Waals surface area contributed by atoms with Crippen LogP contribution in [0.25, 0.3) is 0 Å². The van der Waals surface area contributed by atoms with Crippen molar-refractivity contribution < 1.29 is 4.79 Å². The van der Waals surface area contributed by atoms with E-state index in [0.717, 1.165) is 35.9 Å². The van der Waals surface area contributed by atoms with Crippen molar-refractivity contribution in [1.82, 2.24) is 5.32 Å². The molecule has 0 atom stereocenters. The van der Waals surface area contributed by atoms with Gasteiger partial charge in [0.15, 0.2) is 0 Å². The van der Waals surface area contributed by atoms with Crippen LogP contribution in [0.2, 0.25) is 0 Å². The summed E-state index contributed by atoms with van der Waals surface area (Å²) < 4.78 is 0.929. The van der Waals surface area contributed by atoms with Gasteiger partial charge in [-0.3, -0.25) is 4.79 Å². The molecule has 0 radical (unpaired) electrons. The monoisotopic (exact) mass is 340 g/mol. The van der Waals surface area contributed by atoms with E-state index in [0.29, 0.717) is 10.8 Å². The molecule has 1 aromatic rings. The van der Waals surface area contributed by atoms with Crippen LogP contribution in [0, 0.1) is 17.2 Å². The molecule has 1 amide bonds. The van der Waals surface area contributed by atoms with Gasteiger partial charge in [0.2, 0.25) is 0 Å². The number of carbonyl (C=O) groups excluding carboxylic acids is 1. The molecule has 3 nitrogen and oxygen atoms in total. The Morgan fingerprint density at radius 2 is 2.26 bits per heavy atom. The summed E-state index contributed by atoms with van der Waals surface area (Å²) in [5.74, 6) is 0.571. The average Bonchev–Trinajstić information content (AvgIpc) is 2.86. The van der Waals surface area contributed by atoms with Crippen molar-refractivity contribution >= 4 is 33.2 Å². The SMILES string of the molecule is CCC1CCC(C#N)(NC(=O)c2ccc(Br)s2)CC1. The first-order valence-corrected chi connectivity index (χ1v) is 8.18. The van der Waals surface area contributed by atoms with Gasteiger partial charge in [0, 0.05) is 0 Å². The Kier molecular flexibility index (Phi) is 4.64. The molecule has 1 fully saturated rings. The fourth-order valence-corrected chi connectivity index (χ4v) is 3.84. The Labute approximate surface area is 126 Å². The summed E-state index contributed by atoms with van der Waals surface area (Å²) in [5.41, 5.74) is -0.667. The van der Waals surface area contributed by atoms with Gasteiger partial charge in [0.1, 0.15) is 5.54 Å². The lowest BCUT2D eigenvalue weighted by Crippen LogP contribution is -2.49. The Bertz CT molecular complexity index is 498. The average molecular weight is 341 g/mol. The highest BCUT2D eigenvalue weighted by molar-refractivity contribution is 9.11. The molecule has 0 saturated heterocycles. The number of hydrogen-bond donors (Lipinski definition) is 1. The van der Waals surface area contributed by atoms with Crippen LogP contribution in [0.1, 0.15) is 48.7 Å². The highest BCUT2D eigenvalue weighted by Crippen LogP contribution is 2.34. The van der Waals surface area contributed by atoms with E-state index in [4.69, 9.17) is 0 Å². The van der Waals surface area contributed by atoms with Crippen molar-refractivity contribution in [3.63, 3.8) is 0 Å². The molecule has 102 valence electrons. The van der Waals surface area contributed by atoms with Crippen LogP contribution in [-0.2, 0) is 0 Å². The molecule has 19 heavy (non-hydrogen) atoms. The van der Waals surface area contributed by atoms with Gasteiger partial charge in [-0.1, -0.05) is 13.3 Å². The lowest BCUT2D eigenvalue weighted by molar-refractivity contribution is 0.0895. The number of rotatable bonds is 3. The van der Waals surface area contributed by atoms with E-state index >= 15 is 0 Å². The van der Waals surface area contributed by atoms with E-state index in [1.54, 1.807) is 6.07 Å². The summed E-state index contributed by atoms with van der Waals surface area (Å²) in [6.45, 7) is 2.19. The zero-order valence-electron chi connectivity index (χ0n) is 10.9. The summed E-state index contributed by atoms with van der Waals surface area (Å²) >= 11 is 4.74. The Morgan fingerprint density at radius 3 is 2.74 bits per heavy atom. The topological polar surface area (TPSA) is 52.9 Å². The van der Waals surface area contributed by atoms with E-state index < -0.39 is 5.54 Å². The number of hydrogen-bond acceptors (Lipinski definition) is 3. The molecule has 2 rings (SSSR count). The molecule has 1 saturated carbocycles. The van der Waals surface area contributed by atoms with Crippen molar-refractivity contribution in [2.24, 2.45) is 5.92 Å². The van der Waals surface area contributed by atoms with E-state index in [1.165, 1.54) is 11.3 Å². The normalized spacial score (nSPS) is 26.7. The maximum atomic E-state index is 12.2. The van der Waals surface area contributed by atoms with Gasteiger partial charge in [-0.25, -0.2) is 0 Å². The van der Waals surface area contributed by atoms with Gasteiger partial charge in [-0.2, -0.15) is 5.26 Å². The molecule has 1 N–H and O–H groups in total. The third kappa shape index (κ3) is 3.37. The summed E-state index contributed by atoms with van der Waals surface area (Å²) in [5, 5.41) is 12.4. The van der Waals surface area contributed by atoms with E-state index in [1.807, 2.05) is 6.07 Å². The molecule has 0 unspecified atom stereocenters. The number of thiophene rings is 1. The second kappa shape index (κ2) is 6.06. The fourth-order valence-electron chi connectivity index (χ4n) is 2.56. The second-order valence-corrected chi connectivity index (χ2v) is 7.57. The maximum Gasteiger partial charge on any atom is 0.262 e. The van der Waals surface area contributed by atoms with Crippen LogP contribution in [0.4, 0.5) is 0 Å². The van der Waals surface area contributed by atoms with Gasteiger partial charge >= 0.3 is 0 Å². The lowest BCUT2D eigenvalue weighted by atomic mass is 9.76. The smallest absolute Gasteiger partial charge is 0.262 e. The minimum Gasteiger partial charge on any atom is -0.333 e. The van der Waals surface area contributed by atoms with E-state index in [2.05, 4.69) is 34.2 Å². The maximum absolute atomic E-state index is 12.2. The van der Waals surface area contributed by atoms with E-state index in [-0.39, 0.29) is 5.91 Å². The van der Waals surface area contributed by atoms with Crippen LogP contribution in [0.5, 0.6) is 0 Å². The van der Waals surface area contributed by atoms with Crippen LogP contribution in [-0.4, -0.2) is 11.4 Å². The minimum atomic E-state index is -0.667. The van der Waals surface area contributed by atoms with Crippen LogP contribution in [0.15, 0.2) is 15.9 Å². The van der Waals surface area contributed by atoms with Crippen molar-refractivity contribution in [1.29, 1.82) is 5.26 Å². The van der Waals surface area contributed by atoms with Gasteiger partial charge in [-0.05, 0) is 59.7 Å². The number of nitrogens with one attached hydrogen (secondary N) is 1. The zero-order chi connectivity index (χ0) is 13.9. The Hall–Kier alpha value is -0.860. The molecule has 0 aromatic carbocycles. The molecule has 1 aromatic heterocycles. The molecular weight excluding hydrogens is 324 g/mol. The van der Waals surface area contributed by atoms with E-state index in [9.17, 15) is 10.1 Å². The summed E-state index contributed by atoms with van der Waals surface area (Å²) in [6.07, 6.45) is 4.74. The molecule has 5 heteroatoms. The summed E-state index contributed by atoms with van der Waals surface area (Å²) in [4.78, 5) is 12.8. The van der Waals surface area contributed by atoms with Gasteiger partial charge in [0.25, 0.3) is 5.91 Å². The first-order valence-electron chi connectivity index (χ1n) is 6.57. The molecule has 1 heterocycles. The molecule has 0 spiro atoms. The third-order valence-electron chi connectivity index (χ3n) is 3.90. The highest BCUT2D eigenvalue weighted by atomic mass is 79.9. The zero-order valence-corrected chi connectivity index (χ0v) is 13.3. The number of nitriles is 1. The molecular formula is C14H17BrN2OS. The number of halogens is 1. The van der Waals surface area contributed by atoms with Crippen LogP contribution >= 0.6 is 27.3 Å². The Morgan fingerprint density at radius 1 is 1.58 bits per heavy atom. The van der Waals surface area contributed by atoms with Crippen molar-refractivity contribution in [3.8, 4) is 6.07 Å². The largest absolute Gasteiger partial charge is 0.333 e. The molecule has 0 aliphatic heterocycles. The minimum absolute atomic E-state index is 0.132. The number of nitrogens with zero attached hydrogens (tertiary/aromatic N) is 1. The Balaban J connectivity index is 2.04. The van der Waals surface area contributed by atoms with Crippen LogP contribution in [0.3, 0.4) is 0 Å². The van der Waals surface area contributed by atoms with Crippen molar-refractivity contribution in [2.45, 2.75) is 44.6 Å². The van der Waals surface area contributed by atoms with Crippen molar-refractivity contribution in [2.75, 3.05) is 0 Å². The second-order valence-electron chi connectivity index (χ2n) is 5.10. The van der Waals surface area contributed by atoms with Gasteiger partial charge in [-0.15, -0.1) is 11.3 Å². The summed E-state index contributed by atoms with van der Waals surface area (Å²) in [6, 6.07) is 5.97. The predicted molar refractivity (Wildman–Crippen MR) is 80.1 cm³/mol. The fraction of sp³-hybridized carbons (Fsp3) is 0.571. The number of carbonyl (C=O) groups is 1. The molecule has 1 aliphatic rings.